The molecule has 5 rings (SSSR count). The van der Waals surface area contributed by atoms with Gasteiger partial charge < -0.3 is 15.2 Å². The van der Waals surface area contributed by atoms with Crippen LogP contribution < -0.4 is 5.32 Å². The molecule has 2 aromatic heterocycles. The highest BCUT2D eigenvalue weighted by atomic mass is 127. The highest BCUT2D eigenvalue weighted by molar-refractivity contribution is 14.2. The van der Waals surface area contributed by atoms with Crippen LogP contribution in [0, 0.1) is 0 Å². The quantitative estimate of drug-likeness (QED) is 0.164. The summed E-state index contributed by atoms with van der Waals surface area (Å²) >= 11 is 12.5. The molecule has 0 spiro atoms. The number of imidazole rings is 1. The molecule has 0 radical (unpaired) electrons. The number of nitrogens with zero attached hydrogens (tertiary/aromatic N) is 4. The highest BCUT2D eigenvalue weighted by Gasteiger charge is 2.38. The number of thioether (sulfide) groups is 1. The van der Waals surface area contributed by atoms with E-state index in [9.17, 15) is 13.6 Å². The SMILES string of the molecule is C=IC(F)(F)CC1SCCN1C(=O)c1cc2ncnc(N[C@@H](C)c3nc4ccc(Cl)cc4[nH]3)c2cc1Cl. The van der Waals surface area contributed by atoms with Crippen molar-refractivity contribution in [3.63, 3.8) is 0 Å². The molecule has 0 saturated carbocycles. The molecule has 1 aliphatic rings. The van der Waals surface area contributed by atoms with Gasteiger partial charge in [-0.2, -0.15) is 8.78 Å². The van der Waals surface area contributed by atoms with Crippen LogP contribution in [0.25, 0.3) is 21.9 Å². The van der Waals surface area contributed by atoms with Crippen molar-refractivity contribution in [1.82, 2.24) is 24.8 Å². The fraction of sp³-hybridized carbons (Fsp3) is 0.292. The number of nitrogens with one attached hydrogen (secondary N) is 2. The van der Waals surface area contributed by atoms with Gasteiger partial charge in [0, 0.05) is 22.7 Å². The summed E-state index contributed by atoms with van der Waals surface area (Å²) in [7, 11) is 0. The predicted octanol–water partition coefficient (Wildman–Crippen LogP) is 6.89. The van der Waals surface area contributed by atoms with Gasteiger partial charge in [0.15, 0.2) is 0 Å². The second-order valence-electron chi connectivity index (χ2n) is 8.50. The maximum absolute atomic E-state index is 14.1. The van der Waals surface area contributed by atoms with Crippen molar-refractivity contribution < 1.29 is 13.6 Å². The van der Waals surface area contributed by atoms with Gasteiger partial charge >= 0.3 is 0 Å². The van der Waals surface area contributed by atoms with Crippen LogP contribution in [0.5, 0.6) is 0 Å². The monoisotopic (exact) mass is 676 g/mol. The molecule has 2 aromatic carbocycles. The lowest BCUT2D eigenvalue weighted by Crippen LogP contribution is -2.37. The number of fused-ring (bicyclic) bond motifs is 2. The number of hydrogen-bond acceptors (Lipinski definition) is 6. The molecule has 1 amide bonds. The fourth-order valence-corrected chi connectivity index (χ4v) is 6.89. The van der Waals surface area contributed by atoms with Crippen LogP contribution in [-0.4, -0.2) is 56.9 Å². The number of anilines is 1. The molecular formula is C24H21Cl2F2IN6OS. The Bertz CT molecular complexity index is 1520. The maximum Gasteiger partial charge on any atom is 0.294 e. The molecule has 1 saturated heterocycles. The van der Waals surface area contributed by atoms with Gasteiger partial charge in [-0.05, 0) is 37.3 Å². The molecule has 194 valence electrons. The van der Waals surface area contributed by atoms with Gasteiger partial charge in [0.1, 0.15) is 18.0 Å². The van der Waals surface area contributed by atoms with Crippen molar-refractivity contribution in [2.45, 2.75) is 28.7 Å². The number of aromatic nitrogens is 4. The van der Waals surface area contributed by atoms with E-state index in [0.29, 0.717) is 39.9 Å². The van der Waals surface area contributed by atoms with Gasteiger partial charge in [-0.25, -0.2) is 15.0 Å². The van der Waals surface area contributed by atoms with Crippen LogP contribution in [0.15, 0.2) is 36.7 Å². The number of hydrogen-bond donors (Lipinski definition) is 2. The first-order chi connectivity index (χ1) is 17.6. The lowest BCUT2D eigenvalue weighted by molar-refractivity contribution is 0.0654. The molecule has 1 aliphatic heterocycles. The lowest BCUT2D eigenvalue weighted by atomic mass is 10.1. The predicted molar refractivity (Wildman–Crippen MR) is 156 cm³/mol. The Morgan fingerprint density at radius 1 is 1.32 bits per heavy atom. The zero-order valence-corrected chi connectivity index (χ0v) is 23.9. The summed E-state index contributed by atoms with van der Waals surface area (Å²) in [5.41, 5.74) is 2.34. The van der Waals surface area contributed by atoms with E-state index in [1.165, 1.54) is 23.0 Å². The van der Waals surface area contributed by atoms with E-state index in [2.05, 4.69) is 29.8 Å². The molecule has 1 unspecified atom stereocenters. The summed E-state index contributed by atoms with van der Waals surface area (Å²) in [6.45, 7) is 2.31. The Hall–Kier alpha value is -2.09. The van der Waals surface area contributed by atoms with Gasteiger partial charge in [-0.1, -0.05) is 48.4 Å². The average Bonchev–Trinajstić information content (AvgIpc) is 3.50. The molecule has 3 heterocycles. The fourth-order valence-electron chi connectivity index (χ4n) is 4.17. The number of H-pyrrole nitrogens is 1. The number of rotatable bonds is 7. The van der Waals surface area contributed by atoms with Crippen molar-refractivity contribution in [3.05, 3.63) is 58.1 Å². The number of carbonyl (C=O) groups excluding carboxylic acids is 1. The number of amides is 1. The lowest BCUT2D eigenvalue weighted by Gasteiger charge is -2.26. The molecule has 4 aromatic rings. The summed E-state index contributed by atoms with van der Waals surface area (Å²) in [5, 5.41) is 4.15. The molecule has 7 nitrogen and oxygen atoms in total. The normalized spacial score (nSPS) is 17.0. The zero-order chi connectivity index (χ0) is 26.3. The van der Waals surface area contributed by atoms with Crippen LogP contribution in [-0.2, 0) is 0 Å². The number of benzene rings is 2. The third kappa shape index (κ3) is 5.55. The Kier molecular flexibility index (Phi) is 7.58. The van der Waals surface area contributed by atoms with Crippen molar-refractivity contribution >= 4 is 93.9 Å². The molecule has 0 aliphatic carbocycles. The van der Waals surface area contributed by atoms with E-state index in [0.717, 1.165) is 11.0 Å². The van der Waals surface area contributed by atoms with Crippen LogP contribution >= 0.6 is 55.7 Å². The van der Waals surface area contributed by atoms with E-state index < -0.39 is 36.5 Å². The second-order valence-corrected chi connectivity index (χ2v) is 13.0. The Balaban J connectivity index is 1.41. The van der Waals surface area contributed by atoms with Gasteiger partial charge in [-0.3, -0.25) is 4.79 Å². The minimum atomic E-state index is -2.83. The average molecular weight is 677 g/mol. The number of alkyl halides is 3. The van der Waals surface area contributed by atoms with Crippen molar-refractivity contribution in [2.75, 3.05) is 17.6 Å². The zero-order valence-electron chi connectivity index (χ0n) is 19.4. The van der Waals surface area contributed by atoms with E-state index >= 15 is 0 Å². The van der Waals surface area contributed by atoms with Crippen LogP contribution in [0.2, 0.25) is 10.0 Å². The molecule has 2 N–H and O–H groups in total. The molecule has 37 heavy (non-hydrogen) atoms. The second kappa shape index (κ2) is 10.6. The highest BCUT2D eigenvalue weighted by Crippen LogP contribution is 2.40. The van der Waals surface area contributed by atoms with E-state index in [1.54, 1.807) is 18.2 Å². The first kappa shape index (κ1) is 26.5. The number of carbonyl (C=O) groups is 1. The largest absolute Gasteiger partial charge is 0.360 e. The topological polar surface area (TPSA) is 86.8 Å². The van der Waals surface area contributed by atoms with Gasteiger partial charge in [0.2, 0.25) is 0 Å². The molecule has 2 atom stereocenters. The third-order valence-corrected chi connectivity index (χ3v) is 9.36. The maximum atomic E-state index is 14.1. The summed E-state index contributed by atoms with van der Waals surface area (Å²) in [6.07, 6.45) is 0.998. The smallest absolute Gasteiger partial charge is 0.294 e. The van der Waals surface area contributed by atoms with Crippen molar-refractivity contribution in [3.8, 4) is 0 Å². The first-order valence-corrected chi connectivity index (χ1v) is 15.6. The van der Waals surface area contributed by atoms with Gasteiger partial charge in [-0.15, -0.1) is 11.8 Å². The summed E-state index contributed by atoms with van der Waals surface area (Å²) in [6, 6.07) is 8.41. The molecule has 0 bridgehead atoms. The van der Waals surface area contributed by atoms with Gasteiger partial charge in [0.05, 0.1) is 45.0 Å². The minimum Gasteiger partial charge on any atom is -0.360 e. The van der Waals surface area contributed by atoms with Crippen molar-refractivity contribution in [1.29, 1.82) is 0 Å². The van der Waals surface area contributed by atoms with Crippen LogP contribution in [0.3, 0.4) is 0 Å². The van der Waals surface area contributed by atoms with E-state index in [-0.39, 0.29) is 22.5 Å². The Morgan fingerprint density at radius 2 is 2.14 bits per heavy atom. The number of halogens is 5. The summed E-state index contributed by atoms with van der Waals surface area (Å²) < 4.78 is 28.7. The van der Waals surface area contributed by atoms with Crippen molar-refractivity contribution in [2.24, 2.45) is 0 Å². The van der Waals surface area contributed by atoms with Crippen LogP contribution in [0.1, 0.15) is 35.6 Å². The molecular weight excluding hydrogens is 656 g/mol. The number of aromatic amines is 1. The third-order valence-electron chi connectivity index (χ3n) is 6.03. The molecule has 1 fully saturated rings. The molecule has 13 heteroatoms. The van der Waals surface area contributed by atoms with E-state index in [1.807, 2.05) is 19.1 Å². The summed E-state index contributed by atoms with van der Waals surface area (Å²) in [4.78, 5) is 31.4. The van der Waals surface area contributed by atoms with Crippen LogP contribution in [0.4, 0.5) is 14.6 Å². The Labute approximate surface area is 235 Å². The van der Waals surface area contributed by atoms with Gasteiger partial charge in [0.25, 0.3) is 9.84 Å². The minimum absolute atomic E-state index is 0.202. The summed E-state index contributed by atoms with van der Waals surface area (Å²) in [5.74, 6) is 1.42. The first-order valence-electron chi connectivity index (χ1n) is 11.2. The Morgan fingerprint density at radius 3 is 2.92 bits per heavy atom. The van der Waals surface area contributed by atoms with E-state index in [4.69, 9.17) is 23.2 Å². The standard InChI is InChI=1S/C24H21Cl2F2IN6OS/c1-12(21-33-17-4-3-13(25)7-19(17)34-21)32-22-15-8-16(26)14(9-18(15)30-11-31-22)23(36)35-5-6-37-20(35)10-24(27,28)29-2/h3-4,7-9,11-12,20H,2,5-6,10H2,1H3,(H,33,34)(H,30,31,32)/t12-,20?/m0/s1.